The molecule has 0 fully saturated rings. The molecule has 1 aliphatic heterocycles. The maximum Gasteiger partial charge on any atom is 0.343 e. The first kappa shape index (κ1) is 15.1. The molecule has 23 heavy (non-hydrogen) atoms. The first-order valence-electron chi connectivity index (χ1n) is 7.19. The number of esters is 1. The Morgan fingerprint density at radius 2 is 1.83 bits per heavy atom. The molecule has 1 unspecified atom stereocenters. The van der Waals surface area contributed by atoms with E-state index in [2.05, 4.69) is 0 Å². The SMILES string of the molecule is COc1ccc2c(c1OC)C(=O)OC(C(=O)c1ccccc1)C2. The fourth-order valence-corrected chi connectivity index (χ4v) is 2.73. The van der Waals surface area contributed by atoms with Crippen LogP contribution in [0.1, 0.15) is 26.3 Å². The van der Waals surface area contributed by atoms with Crippen LogP contribution in [0.4, 0.5) is 0 Å². The van der Waals surface area contributed by atoms with Crippen LogP contribution in [0.5, 0.6) is 11.5 Å². The van der Waals surface area contributed by atoms with Crippen LogP contribution in [0.2, 0.25) is 0 Å². The van der Waals surface area contributed by atoms with Gasteiger partial charge in [-0.3, -0.25) is 4.79 Å². The minimum Gasteiger partial charge on any atom is -0.493 e. The van der Waals surface area contributed by atoms with E-state index in [9.17, 15) is 9.59 Å². The second-order valence-corrected chi connectivity index (χ2v) is 5.16. The van der Waals surface area contributed by atoms with Gasteiger partial charge >= 0.3 is 5.97 Å². The average molecular weight is 312 g/mol. The van der Waals surface area contributed by atoms with Gasteiger partial charge in [0.05, 0.1) is 14.2 Å². The van der Waals surface area contributed by atoms with Crippen LogP contribution in [0, 0.1) is 0 Å². The Bertz CT molecular complexity index is 752. The van der Waals surface area contributed by atoms with Gasteiger partial charge in [-0.05, 0) is 11.6 Å². The molecule has 118 valence electrons. The van der Waals surface area contributed by atoms with Crippen molar-refractivity contribution in [3.63, 3.8) is 0 Å². The largest absolute Gasteiger partial charge is 0.493 e. The number of rotatable bonds is 4. The number of ketones is 1. The molecule has 0 bridgehead atoms. The van der Waals surface area contributed by atoms with Crippen LogP contribution in [0.25, 0.3) is 0 Å². The molecule has 1 heterocycles. The zero-order chi connectivity index (χ0) is 16.4. The first-order chi connectivity index (χ1) is 11.2. The summed E-state index contributed by atoms with van der Waals surface area (Å²) in [6, 6.07) is 12.3. The number of Topliss-reactive ketones (excluding diaryl/α,β-unsaturated/α-hetero) is 1. The lowest BCUT2D eigenvalue weighted by Gasteiger charge is -2.25. The molecule has 5 nitrogen and oxygen atoms in total. The van der Waals surface area contributed by atoms with Gasteiger partial charge in [0.2, 0.25) is 5.78 Å². The molecule has 2 aromatic rings. The van der Waals surface area contributed by atoms with Crippen molar-refractivity contribution in [1.82, 2.24) is 0 Å². The first-order valence-corrected chi connectivity index (χ1v) is 7.19. The third-order valence-electron chi connectivity index (χ3n) is 3.84. The van der Waals surface area contributed by atoms with Crippen molar-refractivity contribution in [3.8, 4) is 11.5 Å². The van der Waals surface area contributed by atoms with Gasteiger partial charge in [-0.25, -0.2) is 4.79 Å². The molecule has 2 aromatic carbocycles. The Kier molecular flexibility index (Phi) is 4.02. The molecule has 0 aliphatic carbocycles. The van der Waals surface area contributed by atoms with E-state index < -0.39 is 12.1 Å². The summed E-state index contributed by atoms with van der Waals surface area (Å²) < 4.78 is 15.8. The maximum absolute atomic E-state index is 12.5. The van der Waals surface area contributed by atoms with Crippen molar-refractivity contribution in [2.45, 2.75) is 12.5 Å². The second-order valence-electron chi connectivity index (χ2n) is 5.16. The zero-order valence-corrected chi connectivity index (χ0v) is 12.9. The summed E-state index contributed by atoms with van der Waals surface area (Å²) in [5.74, 6) is 0.00677. The minimum atomic E-state index is -0.824. The van der Waals surface area contributed by atoms with Gasteiger partial charge in [0.25, 0.3) is 0 Å². The smallest absolute Gasteiger partial charge is 0.343 e. The lowest BCUT2D eigenvalue weighted by molar-refractivity contribution is 0.0243. The number of carbonyl (C=O) groups excluding carboxylic acids is 2. The molecule has 0 N–H and O–H groups in total. The van der Waals surface area contributed by atoms with Gasteiger partial charge in [-0.1, -0.05) is 36.4 Å². The highest BCUT2D eigenvalue weighted by atomic mass is 16.6. The van der Waals surface area contributed by atoms with Crippen molar-refractivity contribution >= 4 is 11.8 Å². The van der Waals surface area contributed by atoms with E-state index >= 15 is 0 Å². The molecular formula is C18H16O5. The van der Waals surface area contributed by atoms with Gasteiger partial charge in [0.15, 0.2) is 17.6 Å². The number of cyclic esters (lactones) is 1. The van der Waals surface area contributed by atoms with Crippen molar-refractivity contribution < 1.29 is 23.8 Å². The van der Waals surface area contributed by atoms with Crippen LogP contribution >= 0.6 is 0 Å². The molecule has 0 saturated heterocycles. The van der Waals surface area contributed by atoms with Crippen LogP contribution in [-0.2, 0) is 11.2 Å². The van der Waals surface area contributed by atoms with E-state index in [0.717, 1.165) is 0 Å². The predicted molar refractivity (Wildman–Crippen MR) is 83.2 cm³/mol. The Morgan fingerprint density at radius 1 is 1.09 bits per heavy atom. The molecule has 1 atom stereocenters. The quantitative estimate of drug-likeness (QED) is 0.641. The van der Waals surface area contributed by atoms with E-state index in [0.29, 0.717) is 34.6 Å². The molecular weight excluding hydrogens is 296 g/mol. The normalized spacial score (nSPS) is 16.3. The highest BCUT2D eigenvalue weighted by Gasteiger charge is 2.35. The molecule has 0 saturated carbocycles. The van der Waals surface area contributed by atoms with Gasteiger partial charge in [0.1, 0.15) is 5.56 Å². The summed E-state index contributed by atoms with van der Waals surface area (Å²) in [5.41, 5.74) is 1.56. The Hall–Kier alpha value is -2.82. The fraction of sp³-hybridized carbons (Fsp3) is 0.222. The molecule has 0 aromatic heterocycles. The Labute approximate surface area is 133 Å². The summed E-state index contributed by atoms with van der Waals surface area (Å²) in [6.45, 7) is 0. The van der Waals surface area contributed by atoms with Crippen LogP contribution in [0.15, 0.2) is 42.5 Å². The van der Waals surface area contributed by atoms with E-state index in [4.69, 9.17) is 14.2 Å². The topological polar surface area (TPSA) is 61.8 Å². The molecule has 0 radical (unpaired) electrons. The lowest BCUT2D eigenvalue weighted by atomic mass is 9.93. The summed E-state index contributed by atoms with van der Waals surface area (Å²) in [5, 5.41) is 0. The maximum atomic E-state index is 12.5. The number of methoxy groups -OCH3 is 2. The number of fused-ring (bicyclic) bond motifs is 1. The third-order valence-corrected chi connectivity index (χ3v) is 3.84. The highest BCUT2D eigenvalue weighted by molar-refractivity contribution is 6.04. The summed E-state index contributed by atoms with van der Waals surface area (Å²) >= 11 is 0. The van der Waals surface area contributed by atoms with Crippen LogP contribution in [-0.4, -0.2) is 32.1 Å². The van der Waals surface area contributed by atoms with E-state index in [-0.39, 0.29) is 5.78 Å². The molecule has 0 spiro atoms. The fourth-order valence-electron chi connectivity index (χ4n) is 2.73. The zero-order valence-electron chi connectivity index (χ0n) is 12.9. The monoisotopic (exact) mass is 312 g/mol. The lowest BCUT2D eigenvalue weighted by Crippen LogP contribution is -2.34. The summed E-state index contributed by atoms with van der Waals surface area (Å²) in [4.78, 5) is 24.9. The van der Waals surface area contributed by atoms with E-state index in [1.165, 1.54) is 14.2 Å². The van der Waals surface area contributed by atoms with Crippen molar-refractivity contribution in [1.29, 1.82) is 0 Å². The Morgan fingerprint density at radius 3 is 2.48 bits per heavy atom. The van der Waals surface area contributed by atoms with Crippen LogP contribution < -0.4 is 9.47 Å². The molecule has 3 rings (SSSR count). The van der Waals surface area contributed by atoms with Crippen molar-refractivity contribution in [3.05, 3.63) is 59.2 Å². The standard InChI is InChI=1S/C18H16O5/c1-21-13-9-8-12-10-14(16(19)11-6-4-3-5-7-11)23-18(20)15(12)17(13)22-2/h3-9,14H,10H2,1-2H3. The summed E-state index contributed by atoms with van der Waals surface area (Å²) in [6.07, 6.45) is -0.509. The van der Waals surface area contributed by atoms with Crippen LogP contribution in [0.3, 0.4) is 0 Å². The highest BCUT2D eigenvalue weighted by Crippen LogP contribution is 2.37. The third kappa shape index (κ3) is 2.65. The van der Waals surface area contributed by atoms with E-state index in [1.807, 2.05) is 6.07 Å². The Balaban J connectivity index is 1.96. The molecule has 1 aliphatic rings. The number of carbonyl (C=O) groups is 2. The van der Waals surface area contributed by atoms with Crippen molar-refractivity contribution in [2.24, 2.45) is 0 Å². The van der Waals surface area contributed by atoms with Crippen molar-refractivity contribution in [2.75, 3.05) is 14.2 Å². The molecule has 0 amide bonds. The number of ether oxygens (including phenoxy) is 3. The van der Waals surface area contributed by atoms with Gasteiger partial charge in [0, 0.05) is 12.0 Å². The summed E-state index contributed by atoms with van der Waals surface area (Å²) in [7, 11) is 2.97. The second kappa shape index (κ2) is 6.12. The molecule has 5 heteroatoms. The number of hydrogen-bond donors (Lipinski definition) is 0. The van der Waals surface area contributed by atoms with E-state index in [1.54, 1.807) is 36.4 Å². The number of hydrogen-bond acceptors (Lipinski definition) is 5. The number of benzene rings is 2. The minimum absolute atomic E-state index is 0.209. The van der Waals surface area contributed by atoms with Gasteiger partial charge in [-0.15, -0.1) is 0 Å². The van der Waals surface area contributed by atoms with Gasteiger partial charge < -0.3 is 14.2 Å². The average Bonchev–Trinajstić information content (AvgIpc) is 2.60. The van der Waals surface area contributed by atoms with Gasteiger partial charge in [-0.2, -0.15) is 0 Å². The predicted octanol–water partition coefficient (Wildman–Crippen LogP) is 2.67.